The fourth-order valence-corrected chi connectivity index (χ4v) is 4.09. The standard InChI is InChI=1S/C23H26O5/c1-3-22(15-19(24)25,17-11-7-5-8-12-17)21(28)23(4-2,16-20(26)27)18-13-9-6-10-14-18/h5-14H,3-4,15-16H2,1-2H3,(H,24,25)(H,26,27). The van der Waals surface area contributed by atoms with Crippen molar-refractivity contribution in [2.45, 2.75) is 50.4 Å². The van der Waals surface area contributed by atoms with Gasteiger partial charge in [0.05, 0.1) is 23.7 Å². The molecule has 0 aliphatic rings. The molecule has 5 nitrogen and oxygen atoms in total. The summed E-state index contributed by atoms with van der Waals surface area (Å²) in [4.78, 5) is 37.6. The first-order valence-corrected chi connectivity index (χ1v) is 9.42. The van der Waals surface area contributed by atoms with Gasteiger partial charge in [0, 0.05) is 0 Å². The highest BCUT2D eigenvalue weighted by Crippen LogP contribution is 2.44. The molecule has 2 N–H and O–H groups in total. The van der Waals surface area contributed by atoms with E-state index < -0.39 is 22.8 Å². The Kier molecular flexibility index (Phi) is 6.73. The van der Waals surface area contributed by atoms with Crippen LogP contribution >= 0.6 is 0 Å². The molecule has 0 saturated carbocycles. The smallest absolute Gasteiger partial charge is 0.304 e. The van der Waals surface area contributed by atoms with Crippen molar-refractivity contribution >= 4 is 17.7 Å². The molecule has 0 radical (unpaired) electrons. The van der Waals surface area contributed by atoms with E-state index in [0.29, 0.717) is 11.1 Å². The quantitative estimate of drug-likeness (QED) is 0.642. The number of hydrogen-bond donors (Lipinski definition) is 2. The van der Waals surface area contributed by atoms with Crippen LogP contribution in [0.1, 0.15) is 50.7 Å². The number of ketones is 1. The Labute approximate surface area is 165 Å². The number of hydrogen-bond acceptors (Lipinski definition) is 3. The molecule has 2 aromatic rings. The fraction of sp³-hybridized carbons (Fsp3) is 0.348. The third kappa shape index (κ3) is 3.98. The Morgan fingerprint density at radius 2 is 1.00 bits per heavy atom. The van der Waals surface area contributed by atoms with Crippen molar-refractivity contribution in [2.75, 3.05) is 0 Å². The SMILES string of the molecule is CCC(CC(=O)O)(C(=O)C(CC)(CC(=O)O)c1ccccc1)c1ccccc1. The van der Waals surface area contributed by atoms with Gasteiger partial charge < -0.3 is 10.2 Å². The van der Waals surface area contributed by atoms with E-state index in [1.807, 2.05) is 0 Å². The largest absolute Gasteiger partial charge is 0.481 e. The predicted octanol–water partition coefficient (Wildman–Crippen LogP) is 4.20. The van der Waals surface area contributed by atoms with Crippen LogP contribution in [0.2, 0.25) is 0 Å². The Bertz CT molecular complexity index is 761. The minimum absolute atomic E-state index is 0.260. The first kappa shape index (κ1) is 21.4. The second kappa shape index (κ2) is 8.83. The van der Waals surface area contributed by atoms with Gasteiger partial charge in [-0.1, -0.05) is 74.5 Å². The minimum atomic E-state index is -1.31. The van der Waals surface area contributed by atoms with Crippen molar-refractivity contribution < 1.29 is 24.6 Å². The van der Waals surface area contributed by atoms with Crippen LogP contribution in [0.25, 0.3) is 0 Å². The van der Waals surface area contributed by atoms with Gasteiger partial charge in [-0.2, -0.15) is 0 Å². The lowest BCUT2D eigenvalue weighted by Crippen LogP contribution is -2.51. The monoisotopic (exact) mass is 382 g/mol. The molecule has 0 saturated heterocycles. The van der Waals surface area contributed by atoms with Gasteiger partial charge in [-0.25, -0.2) is 0 Å². The summed E-state index contributed by atoms with van der Waals surface area (Å²) in [5.74, 6) is -2.54. The molecule has 0 aliphatic heterocycles. The molecule has 2 rings (SSSR count). The van der Waals surface area contributed by atoms with Crippen LogP contribution in [0.3, 0.4) is 0 Å². The maximum absolute atomic E-state index is 14.1. The van der Waals surface area contributed by atoms with Crippen LogP contribution in [0.4, 0.5) is 0 Å². The third-order valence-corrected chi connectivity index (χ3v) is 5.64. The van der Waals surface area contributed by atoms with Crippen molar-refractivity contribution in [2.24, 2.45) is 0 Å². The van der Waals surface area contributed by atoms with Crippen molar-refractivity contribution in [3.8, 4) is 0 Å². The van der Waals surface area contributed by atoms with Crippen LogP contribution in [0.15, 0.2) is 60.7 Å². The highest BCUT2D eigenvalue weighted by molar-refractivity contribution is 6.03. The number of carboxylic acids is 2. The lowest BCUT2D eigenvalue weighted by Gasteiger charge is -2.41. The lowest BCUT2D eigenvalue weighted by molar-refractivity contribution is -0.146. The molecule has 148 valence electrons. The number of benzene rings is 2. The Hall–Kier alpha value is -2.95. The first-order valence-electron chi connectivity index (χ1n) is 9.42. The number of carbonyl (C=O) groups is 3. The Morgan fingerprint density at radius 1 is 0.679 bits per heavy atom. The van der Waals surface area contributed by atoms with E-state index in [9.17, 15) is 24.6 Å². The van der Waals surface area contributed by atoms with Crippen LogP contribution < -0.4 is 0 Å². The first-order chi connectivity index (χ1) is 13.3. The van der Waals surface area contributed by atoms with Gasteiger partial charge in [0.1, 0.15) is 0 Å². The molecule has 2 atom stereocenters. The number of carbonyl (C=O) groups excluding carboxylic acids is 1. The summed E-state index contributed by atoms with van der Waals surface area (Å²) in [6.45, 7) is 3.56. The zero-order chi connectivity index (χ0) is 20.8. The van der Waals surface area contributed by atoms with E-state index >= 15 is 0 Å². The van der Waals surface area contributed by atoms with Gasteiger partial charge in [-0.15, -0.1) is 0 Å². The topological polar surface area (TPSA) is 91.7 Å². The maximum atomic E-state index is 14.1. The summed E-state index contributed by atoms with van der Waals surface area (Å²) in [7, 11) is 0. The van der Waals surface area contributed by atoms with E-state index in [-0.39, 0.29) is 31.5 Å². The second-order valence-electron chi connectivity index (χ2n) is 7.07. The van der Waals surface area contributed by atoms with Gasteiger partial charge in [-0.3, -0.25) is 14.4 Å². The zero-order valence-electron chi connectivity index (χ0n) is 16.2. The molecule has 2 aromatic carbocycles. The van der Waals surface area contributed by atoms with Gasteiger partial charge in [0.2, 0.25) is 0 Å². The van der Waals surface area contributed by atoms with Crippen molar-refractivity contribution in [3.05, 3.63) is 71.8 Å². The van der Waals surface area contributed by atoms with Crippen LogP contribution in [-0.2, 0) is 25.2 Å². The highest BCUT2D eigenvalue weighted by Gasteiger charge is 2.52. The molecular weight excluding hydrogens is 356 g/mol. The number of rotatable bonds is 10. The molecule has 0 amide bonds. The molecule has 0 bridgehead atoms. The summed E-state index contributed by atoms with van der Waals surface area (Å²) >= 11 is 0. The second-order valence-corrected chi connectivity index (χ2v) is 7.07. The molecule has 5 heteroatoms. The summed E-state index contributed by atoms with van der Waals surface area (Å²) in [6.07, 6.45) is -0.256. The van der Waals surface area contributed by atoms with Crippen LogP contribution in [0, 0.1) is 0 Å². The third-order valence-electron chi connectivity index (χ3n) is 5.64. The van der Waals surface area contributed by atoms with Gasteiger partial charge in [-0.05, 0) is 24.0 Å². The molecule has 0 fully saturated rings. The maximum Gasteiger partial charge on any atom is 0.304 e. The Balaban J connectivity index is 2.76. The van der Waals surface area contributed by atoms with E-state index in [1.54, 1.807) is 74.5 Å². The highest BCUT2D eigenvalue weighted by atomic mass is 16.4. The minimum Gasteiger partial charge on any atom is -0.481 e. The molecule has 0 spiro atoms. The molecule has 28 heavy (non-hydrogen) atoms. The summed E-state index contributed by atoms with van der Waals surface area (Å²) < 4.78 is 0. The van der Waals surface area contributed by atoms with E-state index in [0.717, 1.165) is 0 Å². The summed E-state index contributed by atoms with van der Waals surface area (Å²) in [6, 6.07) is 17.7. The van der Waals surface area contributed by atoms with E-state index in [4.69, 9.17) is 0 Å². The normalized spacial score (nSPS) is 15.2. The van der Waals surface area contributed by atoms with Crippen LogP contribution in [-0.4, -0.2) is 27.9 Å². The summed E-state index contributed by atoms with van der Waals surface area (Å²) in [5.41, 5.74) is -1.42. The molecule has 0 heterocycles. The van der Waals surface area contributed by atoms with E-state index in [1.165, 1.54) is 0 Å². The molecular formula is C23H26O5. The van der Waals surface area contributed by atoms with Crippen molar-refractivity contribution in [3.63, 3.8) is 0 Å². The Morgan fingerprint density at radius 3 is 1.25 bits per heavy atom. The molecule has 0 aromatic heterocycles. The van der Waals surface area contributed by atoms with Gasteiger partial charge >= 0.3 is 11.9 Å². The van der Waals surface area contributed by atoms with Gasteiger partial charge in [0.15, 0.2) is 5.78 Å². The van der Waals surface area contributed by atoms with Crippen LogP contribution in [0.5, 0.6) is 0 Å². The van der Waals surface area contributed by atoms with E-state index in [2.05, 4.69) is 0 Å². The number of Topliss-reactive ketones (excluding diaryl/α,β-unsaturated/α-hetero) is 1. The number of carboxylic acid groups (broad SMARTS) is 2. The number of aliphatic carboxylic acids is 2. The molecule has 2 unspecified atom stereocenters. The fourth-order valence-electron chi connectivity index (χ4n) is 4.09. The van der Waals surface area contributed by atoms with Gasteiger partial charge in [0.25, 0.3) is 0 Å². The van der Waals surface area contributed by atoms with Crippen molar-refractivity contribution in [1.82, 2.24) is 0 Å². The average molecular weight is 382 g/mol. The lowest BCUT2D eigenvalue weighted by atomic mass is 9.59. The average Bonchev–Trinajstić information content (AvgIpc) is 2.70. The van der Waals surface area contributed by atoms with Crippen molar-refractivity contribution in [1.29, 1.82) is 0 Å². The zero-order valence-corrected chi connectivity index (χ0v) is 16.2. The summed E-state index contributed by atoms with van der Waals surface area (Å²) in [5, 5.41) is 19.2. The molecule has 0 aliphatic carbocycles. The predicted molar refractivity (Wildman–Crippen MR) is 106 cm³/mol.